The molecule has 4 unspecified atom stereocenters. The molecule has 2 saturated heterocycles. The Bertz CT molecular complexity index is 4320. The summed E-state index contributed by atoms with van der Waals surface area (Å²) in [6, 6.07) is 47.8. The zero-order valence-corrected chi connectivity index (χ0v) is 59.3. The number of aryl methyl sites for hydroxylation is 1. The lowest BCUT2D eigenvalue weighted by Crippen LogP contribution is -2.38. The number of fused-ring (bicyclic) bond motifs is 4. The number of nitrogens with one attached hydrogen (secondary N) is 3. The molecule has 3 aliphatic rings. The van der Waals surface area contributed by atoms with Gasteiger partial charge in [0.05, 0.1) is 72.4 Å². The van der Waals surface area contributed by atoms with Crippen molar-refractivity contribution in [3.8, 4) is 22.6 Å². The largest absolute Gasteiger partial charge is 0.497 e. The quantitative estimate of drug-likeness (QED) is 0.0193. The number of amides is 2. The van der Waals surface area contributed by atoms with Gasteiger partial charge in [-0.25, -0.2) is 29.2 Å². The minimum atomic E-state index is -2.41. The summed E-state index contributed by atoms with van der Waals surface area (Å²) in [5.41, 5.74) is 6.19. The van der Waals surface area contributed by atoms with E-state index in [9.17, 15) is 29.4 Å². The highest BCUT2D eigenvalue weighted by Crippen LogP contribution is 2.53. The van der Waals surface area contributed by atoms with Gasteiger partial charge in [0.15, 0.2) is 17.0 Å². The van der Waals surface area contributed by atoms with Crippen LogP contribution in [0.3, 0.4) is 0 Å². The molecule has 1 aliphatic carbocycles. The van der Waals surface area contributed by atoms with E-state index in [4.69, 9.17) is 56.0 Å². The maximum atomic E-state index is 13.9. The number of aliphatic hydroxyl groups is 2. The molecule has 8 atom stereocenters. The number of ether oxygens (including phenoxy) is 6. The van der Waals surface area contributed by atoms with Crippen LogP contribution in [0.2, 0.25) is 0 Å². The first-order valence-corrected chi connectivity index (χ1v) is 35.9. The number of aromatic nitrogens is 6. The molecular formula is C74H83N9O17P2. The number of aromatic amines is 1. The van der Waals surface area contributed by atoms with Gasteiger partial charge < -0.3 is 71.9 Å². The summed E-state index contributed by atoms with van der Waals surface area (Å²) < 4.78 is 76.2. The molecule has 102 heavy (non-hydrogen) atoms. The minimum Gasteiger partial charge on any atom is -0.497 e. The third-order valence-corrected chi connectivity index (χ3v) is 21.3. The van der Waals surface area contributed by atoms with Crippen molar-refractivity contribution in [1.82, 2.24) is 39.1 Å². The number of alkyl carbamates (subject to hydrolysis) is 1. The summed E-state index contributed by atoms with van der Waals surface area (Å²) in [4.78, 5) is 69.5. The van der Waals surface area contributed by atoms with Crippen LogP contribution in [0.5, 0.6) is 11.5 Å². The second-order valence-electron chi connectivity index (χ2n) is 25.1. The molecule has 3 aromatic heterocycles. The van der Waals surface area contributed by atoms with Crippen LogP contribution < -0.4 is 31.4 Å². The average Bonchev–Trinajstić information content (AvgIpc) is 1.40. The number of nitrogens with zero attached hydrogens (tertiary/aromatic N) is 6. The van der Waals surface area contributed by atoms with Crippen molar-refractivity contribution in [3.63, 3.8) is 0 Å². The first kappa shape index (κ1) is 73.1. The number of carbonyl (C=O) groups excluding carboxylic acids is 2. The fraction of sp³-hybridized carbons (Fsp3) is 0.365. The number of benzene rings is 6. The third kappa shape index (κ3) is 16.4. The summed E-state index contributed by atoms with van der Waals surface area (Å²) in [6.07, 6.45) is -1.32. The van der Waals surface area contributed by atoms with Crippen LogP contribution in [-0.4, -0.2) is 153 Å². The van der Waals surface area contributed by atoms with Gasteiger partial charge in [-0.05, 0) is 116 Å². The molecule has 536 valence electrons. The van der Waals surface area contributed by atoms with Crippen LogP contribution in [-0.2, 0) is 53.7 Å². The van der Waals surface area contributed by atoms with Gasteiger partial charge in [-0.1, -0.05) is 115 Å². The van der Waals surface area contributed by atoms with Crippen molar-refractivity contribution < 1.29 is 70.8 Å². The standard InChI is InChI=1S/C74H83N9O17P2/c1-46(2)83(47(3)4)101(94-35-33-84)99-61-37-66(82-45-78-67-68(76-44-77-69(67)82)79-71(87)50-23-21-49(22-24-50)39-75-73(89)92-41-60-58-19-13-11-17-56(58)57-18-12-14-20-59(57)60)98-64(61)43-96-102(95-36-34-85)100-62-38-65(81-40-48(5)70(86)80-72(81)88)97-63(62)42-93-74(51-15-9-8-10-16-51,52-25-29-54(90-6)30-26-52)53-27-31-55(91-7)32-28-53/h8-32,40,44-47,60-66,84-85H,33-39,41-43H2,1-7H3,(H,75,89)(H,80,86,88)(H,76,77,79,87)/t61?,62?,63-,64-,65-,66-,101?,102?/m1/s1. The number of anilines is 1. The lowest BCUT2D eigenvalue weighted by molar-refractivity contribution is -0.0940. The van der Waals surface area contributed by atoms with Crippen molar-refractivity contribution in [3.05, 3.63) is 236 Å². The zero-order valence-electron chi connectivity index (χ0n) is 57.5. The molecule has 26 nitrogen and oxygen atoms in total. The topological polar surface area (TPSA) is 302 Å². The zero-order chi connectivity index (χ0) is 71.4. The van der Waals surface area contributed by atoms with Gasteiger partial charge in [-0.15, -0.1) is 0 Å². The number of rotatable bonds is 32. The molecule has 6 aromatic carbocycles. The van der Waals surface area contributed by atoms with Crippen molar-refractivity contribution in [2.45, 2.75) is 114 Å². The van der Waals surface area contributed by atoms with E-state index in [0.29, 0.717) is 22.7 Å². The van der Waals surface area contributed by atoms with Gasteiger partial charge in [0.25, 0.3) is 20.0 Å². The second kappa shape index (κ2) is 33.6. The highest BCUT2D eigenvalue weighted by atomic mass is 31.2. The number of methoxy groups -OCH3 is 2. The molecule has 28 heteroatoms. The van der Waals surface area contributed by atoms with E-state index in [1.165, 1.54) is 17.1 Å². The van der Waals surface area contributed by atoms with E-state index in [0.717, 1.165) is 44.5 Å². The Labute approximate surface area is 592 Å². The Balaban J connectivity index is 0.776. The third-order valence-electron chi connectivity index (χ3n) is 18.0. The van der Waals surface area contributed by atoms with Crippen LogP contribution in [0.4, 0.5) is 10.6 Å². The Hall–Kier alpha value is -8.69. The number of hydrogen-bond donors (Lipinski definition) is 5. The lowest BCUT2D eigenvalue weighted by Gasteiger charge is -2.37. The minimum absolute atomic E-state index is 0.0106. The number of carbonyl (C=O) groups is 2. The molecule has 2 aliphatic heterocycles. The molecule has 2 amide bonds. The molecule has 5 N–H and O–H groups in total. The SMILES string of the molecule is COc1ccc(C(OC[C@H]2O[C@@H](n3cc(C)c(=O)[nH]c3=O)CC2OP(OCCO)OC[C@H]2O[C@@H](n3cnc4c(NC(=O)c5ccc(CNC(=O)OCC6c7ccccc7-c7ccccc76)cc5)ncnc43)CC2OP(OCCO)N(C(C)C)C(C)C)(c2ccccc2)c2ccc(OC)cc2)cc1. The molecule has 5 heterocycles. The van der Waals surface area contributed by atoms with Crippen LogP contribution >= 0.6 is 17.1 Å². The maximum Gasteiger partial charge on any atom is 0.407 e. The van der Waals surface area contributed by atoms with Crippen LogP contribution in [0.15, 0.2) is 180 Å². The smallest absolute Gasteiger partial charge is 0.407 e. The van der Waals surface area contributed by atoms with E-state index < -0.39 is 89.5 Å². The molecule has 2 fully saturated rings. The summed E-state index contributed by atoms with van der Waals surface area (Å²) in [5, 5.41) is 26.1. The van der Waals surface area contributed by atoms with E-state index in [2.05, 4.69) is 54.5 Å². The van der Waals surface area contributed by atoms with E-state index in [1.807, 2.05) is 131 Å². The van der Waals surface area contributed by atoms with Crippen molar-refractivity contribution >= 4 is 46.1 Å². The fourth-order valence-electron chi connectivity index (χ4n) is 13.1. The van der Waals surface area contributed by atoms with E-state index in [-0.39, 0.29) is 93.9 Å². The molecule has 0 bridgehead atoms. The number of hydrogen-bond acceptors (Lipinski definition) is 21. The van der Waals surface area contributed by atoms with Crippen LogP contribution in [0.1, 0.15) is 108 Å². The summed E-state index contributed by atoms with van der Waals surface area (Å²) in [7, 11) is -1.06. The van der Waals surface area contributed by atoms with Gasteiger partial charge in [0.1, 0.15) is 54.7 Å². The van der Waals surface area contributed by atoms with Crippen LogP contribution in [0, 0.1) is 6.92 Å². The van der Waals surface area contributed by atoms with Gasteiger partial charge in [0.2, 0.25) is 0 Å². The number of aliphatic hydroxyl groups excluding tert-OH is 2. The van der Waals surface area contributed by atoms with Crippen molar-refractivity contribution in [2.24, 2.45) is 0 Å². The Morgan fingerprint density at radius 2 is 1.25 bits per heavy atom. The maximum absolute atomic E-state index is 13.9. The highest BCUT2D eigenvalue weighted by molar-refractivity contribution is 7.44. The monoisotopic (exact) mass is 1430 g/mol. The van der Waals surface area contributed by atoms with Gasteiger partial charge in [0, 0.05) is 54.7 Å². The van der Waals surface area contributed by atoms with Crippen LogP contribution in [0.25, 0.3) is 22.3 Å². The molecule has 0 radical (unpaired) electrons. The second-order valence-corrected chi connectivity index (χ2v) is 27.7. The lowest BCUT2D eigenvalue weighted by atomic mass is 9.80. The highest BCUT2D eigenvalue weighted by Gasteiger charge is 2.47. The summed E-state index contributed by atoms with van der Waals surface area (Å²) >= 11 is 0. The Morgan fingerprint density at radius 1 is 0.676 bits per heavy atom. The first-order chi connectivity index (χ1) is 49.6. The number of imidazole rings is 1. The van der Waals surface area contributed by atoms with Gasteiger partial charge in [-0.3, -0.25) is 23.7 Å². The number of H-pyrrole nitrogens is 1. The van der Waals surface area contributed by atoms with Gasteiger partial charge >= 0.3 is 20.4 Å². The molecule has 0 saturated carbocycles. The molecular weight excluding hydrogens is 1350 g/mol. The van der Waals surface area contributed by atoms with E-state index >= 15 is 0 Å². The summed E-state index contributed by atoms with van der Waals surface area (Å²) in [6.45, 7) is 8.82. The first-order valence-electron chi connectivity index (χ1n) is 33.7. The fourth-order valence-corrected chi connectivity index (χ4v) is 16.0. The Morgan fingerprint density at radius 3 is 1.87 bits per heavy atom. The predicted molar refractivity (Wildman–Crippen MR) is 381 cm³/mol. The Kier molecular flexibility index (Phi) is 24.1. The molecule has 12 rings (SSSR count). The normalized spacial score (nSPS) is 18.7. The molecule has 9 aromatic rings. The van der Waals surface area contributed by atoms with Crippen molar-refractivity contribution in [1.29, 1.82) is 0 Å². The van der Waals surface area contributed by atoms with Crippen molar-refractivity contribution in [2.75, 3.05) is 65.8 Å². The average molecular weight is 1430 g/mol. The van der Waals surface area contributed by atoms with E-state index in [1.54, 1.807) is 56.3 Å². The predicted octanol–water partition coefficient (Wildman–Crippen LogP) is 11.0. The van der Waals surface area contributed by atoms with Gasteiger partial charge in [-0.2, -0.15) is 0 Å². The summed E-state index contributed by atoms with van der Waals surface area (Å²) in [5.74, 6) is 0.852. The molecule has 0 spiro atoms.